The molecule has 1 aliphatic rings. The van der Waals surface area contributed by atoms with Crippen molar-refractivity contribution in [1.82, 2.24) is 20.2 Å². The lowest BCUT2D eigenvalue weighted by atomic mass is 10.1. The third-order valence-electron chi connectivity index (χ3n) is 4.98. The maximum absolute atomic E-state index is 12.7. The highest BCUT2D eigenvalue weighted by Gasteiger charge is 2.20. The van der Waals surface area contributed by atoms with E-state index in [2.05, 4.69) is 27.2 Å². The summed E-state index contributed by atoms with van der Waals surface area (Å²) in [7, 11) is 2.10. The molecule has 1 aliphatic heterocycles. The minimum Gasteiger partial charge on any atom is -0.457 e. The fourth-order valence-electron chi connectivity index (χ4n) is 3.31. The van der Waals surface area contributed by atoms with Crippen LogP contribution < -0.4 is 15.8 Å². The molecule has 3 heterocycles. The molecule has 0 radical (unpaired) electrons. The summed E-state index contributed by atoms with van der Waals surface area (Å²) in [6.45, 7) is 1.97. The van der Waals surface area contributed by atoms with Crippen LogP contribution in [0.3, 0.4) is 0 Å². The van der Waals surface area contributed by atoms with Gasteiger partial charge in [-0.1, -0.05) is 0 Å². The van der Waals surface area contributed by atoms with Gasteiger partial charge in [0, 0.05) is 23.3 Å². The average Bonchev–Trinajstić information content (AvgIpc) is 2.71. The van der Waals surface area contributed by atoms with E-state index in [-0.39, 0.29) is 11.9 Å². The number of piperidine rings is 1. The predicted molar refractivity (Wildman–Crippen MR) is 108 cm³/mol. The molecule has 1 aromatic carbocycles. The van der Waals surface area contributed by atoms with Crippen LogP contribution in [0.2, 0.25) is 0 Å². The number of likely N-dealkylation sites (tertiary alicyclic amines) is 1. The summed E-state index contributed by atoms with van der Waals surface area (Å²) in [5, 5.41) is 3.83. The second kappa shape index (κ2) is 7.82. The highest BCUT2D eigenvalue weighted by atomic mass is 16.5. The number of nitrogens with zero attached hydrogens (tertiary/aromatic N) is 3. The Bertz CT molecular complexity index is 982. The summed E-state index contributed by atoms with van der Waals surface area (Å²) < 4.78 is 5.98. The van der Waals surface area contributed by atoms with E-state index < -0.39 is 0 Å². The Hall–Kier alpha value is -3.19. The van der Waals surface area contributed by atoms with Crippen molar-refractivity contribution in [3.8, 4) is 11.5 Å². The second-order valence-corrected chi connectivity index (χ2v) is 7.12. The van der Waals surface area contributed by atoms with Gasteiger partial charge in [-0.2, -0.15) is 0 Å². The zero-order valence-corrected chi connectivity index (χ0v) is 15.8. The van der Waals surface area contributed by atoms with Gasteiger partial charge in [0.15, 0.2) is 0 Å². The first-order valence-corrected chi connectivity index (χ1v) is 9.36. The fourth-order valence-corrected chi connectivity index (χ4v) is 3.31. The number of hydrogen-bond acceptors (Lipinski definition) is 6. The number of benzene rings is 1. The van der Waals surface area contributed by atoms with Gasteiger partial charge in [0.25, 0.3) is 5.91 Å². The summed E-state index contributed by atoms with van der Waals surface area (Å²) in [6.07, 6.45) is 5.16. The molecule has 0 unspecified atom stereocenters. The number of carbonyl (C=O) groups excluding carboxylic acids is 1. The smallest absolute Gasteiger partial charge is 0.270 e. The van der Waals surface area contributed by atoms with Gasteiger partial charge in [-0.05, 0) is 69.4 Å². The summed E-state index contributed by atoms with van der Waals surface area (Å²) in [5.74, 6) is 1.11. The first-order chi connectivity index (χ1) is 13.6. The lowest BCUT2D eigenvalue weighted by molar-refractivity contribution is 0.0912. The van der Waals surface area contributed by atoms with Crippen LogP contribution in [0.4, 0.5) is 5.69 Å². The summed E-state index contributed by atoms with van der Waals surface area (Å²) in [5.41, 5.74) is 7.43. The van der Waals surface area contributed by atoms with Crippen molar-refractivity contribution in [2.75, 3.05) is 25.9 Å². The molecule has 0 aliphatic carbocycles. The van der Waals surface area contributed by atoms with Crippen LogP contribution in [-0.4, -0.2) is 47.0 Å². The van der Waals surface area contributed by atoms with Gasteiger partial charge in [0.1, 0.15) is 17.2 Å². The Labute approximate surface area is 163 Å². The quantitative estimate of drug-likeness (QED) is 0.679. The van der Waals surface area contributed by atoms with E-state index in [1.54, 1.807) is 48.8 Å². The zero-order valence-electron chi connectivity index (χ0n) is 15.8. The van der Waals surface area contributed by atoms with Crippen molar-refractivity contribution < 1.29 is 9.53 Å². The monoisotopic (exact) mass is 377 g/mol. The summed E-state index contributed by atoms with van der Waals surface area (Å²) in [6, 6.07) is 10.9. The molecule has 1 fully saturated rings. The van der Waals surface area contributed by atoms with E-state index in [1.807, 2.05) is 0 Å². The largest absolute Gasteiger partial charge is 0.457 e. The standard InChI is InChI=1S/C21H23N5O2/c1-26-10-7-15(8-11-26)25-21(27)18-12-17-19(13-24-18)23-9-6-20(17)28-16-4-2-14(22)3-5-16/h2-6,9,12-13,15H,7-8,10-11,22H2,1H3,(H,25,27). The SMILES string of the molecule is CN1CCC(NC(=O)c2cc3c(Oc4ccc(N)cc4)ccnc3cn2)CC1. The molecule has 7 heteroatoms. The van der Waals surface area contributed by atoms with Gasteiger partial charge in [0.2, 0.25) is 0 Å². The number of nitrogen functional groups attached to an aromatic ring is 1. The highest BCUT2D eigenvalue weighted by molar-refractivity contribution is 5.97. The number of anilines is 1. The maximum Gasteiger partial charge on any atom is 0.270 e. The molecule has 1 saturated heterocycles. The molecule has 0 atom stereocenters. The number of fused-ring (bicyclic) bond motifs is 1. The van der Waals surface area contributed by atoms with Gasteiger partial charge in [-0.3, -0.25) is 9.78 Å². The molecule has 0 bridgehead atoms. The number of aromatic nitrogens is 2. The Kier molecular flexibility index (Phi) is 5.08. The number of pyridine rings is 2. The van der Waals surface area contributed by atoms with Crippen molar-refractivity contribution in [3.05, 3.63) is 54.5 Å². The van der Waals surface area contributed by atoms with E-state index in [9.17, 15) is 4.79 Å². The molecule has 7 nitrogen and oxygen atoms in total. The van der Waals surface area contributed by atoms with Gasteiger partial charge in [-0.15, -0.1) is 0 Å². The minimum atomic E-state index is -0.168. The average molecular weight is 377 g/mol. The van der Waals surface area contributed by atoms with Crippen LogP contribution in [0.25, 0.3) is 10.9 Å². The molecular weight excluding hydrogens is 354 g/mol. The van der Waals surface area contributed by atoms with E-state index >= 15 is 0 Å². The maximum atomic E-state index is 12.7. The van der Waals surface area contributed by atoms with Gasteiger partial charge in [0.05, 0.1) is 11.7 Å². The van der Waals surface area contributed by atoms with Crippen LogP contribution >= 0.6 is 0 Å². The second-order valence-electron chi connectivity index (χ2n) is 7.12. The minimum absolute atomic E-state index is 0.168. The molecule has 2 aromatic heterocycles. The number of nitrogens with one attached hydrogen (secondary N) is 1. The molecule has 0 spiro atoms. The normalized spacial score (nSPS) is 15.5. The third-order valence-corrected chi connectivity index (χ3v) is 4.98. The van der Waals surface area contributed by atoms with Crippen molar-refractivity contribution >= 4 is 22.5 Å². The lowest BCUT2D eigenvalue weighted by Crippen LogP contribution is -2.43. The molecule has 144 valence electrons. The number of rotatable bonds is 4. The van der Waals surface area contributed by atoms with Crippen molar-refractivity contribution in [1.29, 1.82) is 0 Å². The van der Waals surface area contributed by atoms with Gasteiger partial charge < -0.3 is 20.7 Å². The molecule has 4 rings (SSSR count). The Morgan fingerprint density at radius 3 is 2.68 bits per heavy atom. The van der Waals surface area contributed by atoms with Crippen molar-refractivity contribution in [2.45, 2.75) is 18.9 Å². The fraction of sp³-hybridized carbons (Fsp3) is 0.286. The first-order valence-electron chi connectivity index (χ1n) is 9.36. The lowest BCUT2D eigenvalue weighted by Gasteiger charge is -2.29. The number of ether oxygens (including phenoxy) is 1. The zero-order chi connectivity index (χ0) is 19.5. The molecular formula is C21H23N5O2. The molecule has 3 aromatic rings. The van der Waals surface area contributed by atoms with Crippen LogP contribution in [0.1, 0.15) is 23.3 Å². The van der Waals surface area contributed by atoms with Crippen molar-refractivity contribution in [3.63, 3.8) is 0 Å². The highest BCUT2D eigenvalue weighted by Crippen LogP contribution is 2.29. The van der Waals surface area contributed by atoms with Gasteiger partial charge in [-0.25, -0.2) is 4.98 Å². The van der Waals surface area contributed by atoms with E-state index in [1.165, 1.54) is 0 Å². The molecule has 3 N–H and O–H groups in total. The van der Waals surface area contributed by atoms with E-state index in [4.69, 9.17) is 10.5 Å². The number of carbonyl (C=O) groups is 1. The van der Waals surface area contributed by atoms with E-state index in [0.29, 0.717) is 28.4 Å². The van der Waals surface area contributed by atoms with Crippen LogP contribution in [0.15, 0.2) is 48.8 Å². The molecule has 28 heavy (non-hydrogen) atoms. The predicted octanol–water partition coefficient (Wildman–Crippen LogP) is 2.83. The van der Waals surface area contributed by atoms with E-state index in [0.717, 1.165) is 31.3 Å². The number of amides is 1. The topological polar surface area (TPSA) is 93.4 Å². The molecule has 0 saturated carbocycles. The summed E-state index contributed by atoms with van der Waals surface area (Å²) >= 11 is 0. The van der Waals surface area contributed by atoms with Crippen LogP contribution in [0.5, 0.6) is 11.5 Å². The van der Waals surface area contributed by atoms with Crippen molar-refractivity contribution in [2.24, 2.45) is 0 Å². The third kappa shape index (κ3) is 4.04. The molecule has 1 amide bonds. The van der Waals surface area contributed by atoms with Crippen LogP contribution in [0, 0.1) is 0 Å². The summed E-state index contributed by atoms with van der Waals surface area (Å²) in [4.78, 5) is 23.6. The van der Waals surface area contributed by atoms with Gasteiger partial charge >= 0.3 is 0 Å². The number of nitrogens with two attached hydrogens (primary N) is 1. The Balaban J connectivity index is 1.57. The van der Waals surface area contributed by atoms with Crippen LogP contribution in [-0.2, 0) is 0 Å². The number of hydrogen-bond donors (Lipinski definition) is 2. The Morgan fingerprint density at radius 2 is 1.93 bits per heavy atom. The Morgan fingerprint density at radius 1 is 1.18 bits per heavy atom. The first kappa shape index (κ1) is 18.2.